The minimum Gasteiger partial charge on any atom is -0.356 e. The van der Waals surface area contributed by atoms with E-state index >= 15 is 0 Å². The standard InChI is InChI=1S/C22H38N4O2S.HI/c1-6-20(19-10-8-7-9-11-19)25-13-15-26(16-14-25)21(23-4)24-18-22(2,3)12-17-29(5,27)28;/h7-11,20H,6,12-18H2,1-5H3,(H,23,24);1H. The fraction of sp³-hybridized carbons (Fsp3) is 0.682. The third-order valence-electron chi connectivity index (χ3n) is 5.71. The summed E-state index contributed by atoms with van der Waals surface area (Å²) < 4.78 is 23.0. The lowest BCUT2D eigenvalue weighted by Crippen LogP contribution is -2.54. The molecule has 0 aromatic heterocycles. The molecule has 1 unspecified atom stereocenters. The van der Waals surface area contributed by atoms with Crippen molar-refractivity contribution >= 4 is 39.8 Å². The fourth-order valence-electron chi connectivity index (χ4n) is 3.83. The molecule has 30 heavy (non-hydrogen) atoms. The number of guanidine groups is 1. The molecule has 1 heterocycles. The molecule has 0 amide bonds. The van der Waals surface area contributed by atoms with E-state index < -0.39 is 9.84 Å². The Labute approximate surface area is 200 Å². The third-order valence-corrected chi connectivity index (χ3v) is 6.66. The van der Waals surface area contributed by atoms with E-state index in [0.717, 1.165) is 38.6 Å². The monoisotopic (exact) mass is 550 g/mol. The Morgan fingerprint density at radius 2 is 1.77 bits per heavy atom. The van der Waals surface area contributed by atoms with E-state index in [0.29, 0.717) is 19.0 Å². The summed E-state index contributed by atoms with van der Waals surface area (Å²) in [7, 11) is -1.12. The second-order valence-corrected chi connectivity index (χ2v) is 11.1. The van der Waals surface area contributed by atoms with Crippen LogP contribution in [0.4, 0.5) is 0 Å². The lowest BCUT2D eigenvalue weighted by molar-refractivity contribution is 0.126. The van der Waals surface area contributed by atoms with Gasteiger partial charge in [0.05, 0.1) is 5.75 Å². The first-order valence-corrected chi connectivity index (χ1v) is 12.6. The Morgan fingerprint density at radius 3 is 2.27 bits per heavy atom. The zero-order chi connectivity index (χ0) is 21.5. The van der Waals surface area contributed by atoms with Gasteiger partial charge in [-0.05, 0) is 23.8 Å². The minimum absolute atomic E-state index is 0. The van der Waals surface area contributed by atoms with Crippen LogP contribution < -0.4 is 5.32 Å². The molecule has 1 aromatic rings. The van der Waals surface area contributed by atoms with Crippen LogP contribution >= 0.6 is 24.0 Å². The van der Waals surface area contributed by atoms with Crippen molar-refractivity contribution in [1.29, 1.82) is 0 Å². The Balaban J connectivity index is 0.00000450. The van der Waals surface area contributed by atoms with Crippen LogP contribution in [-0.4, -0.2) is 76.0 Å². The average Bonchev–Trinajstić information content (AvgIpc) is 2.69. The van der Waals surface area contributed by atoms with Gasteiger partial charge in [-0.25, -0.2) is 8.42 Å². The summed E-state index contributed by atoms with van der Waals surface area (Å²) in [6.07, 6.45) is 3.04. The summed E-state index contributed by atoms with van der Waals surface area (Å²) in [4.78, 5) is 9.34. The molecule has 1 saturated heterocycles. The second-order valence-electron chi connectivity index (χ2n) is 8.80. The quantitative estimate of drug-likeness (QED) is 0.306. The second kappa shape index (κ2) is 12.2. The Hall–Kier alpha value is -0.870. The van der Waals surface area contributed by atoms with Gasteiger partial charge in [-0.1, -0.05) is 51.1 Å². The molecule has 0 aliphatic carbocycles. The first kappa shape index (κ1) is 27.2. The maximum absolute atomic E-state index is 11.5. The van der Waals surface area contributed by atoms with Crippen molar-refractivity contribution in [3.8, 4) is 0 Å². The van der Waals surface area contributed by atoms with E-state index in [9.17, 15) is 8.42 Å². The number of hydrogen-bond acceptors (Lipinski definition) is 4. The van der Waals surface area contributed by atoms with Crippen molar-refractivity contribution < 1.29 is 8.42 Å². The number of rotatable bonds is 8. The molecule has 0 bridgehead atoms. The van der Waals surface area contributed by atoms with Crippen molar-refractivity contribution in [3.63, 3.8) is 0 Å². The highest BCUT2D eigenvalue weighted by Crippen LogP contribution is 2.25. The zero-order valence-corrected chi connectivity index (χ0v) is 22.2. The molecule has 1 N–H and O–H groups in total. The summed E-state index contributed by atoms with van der Waals surface area (Å²) in [6.45, 7) is 11.0. The van der Waals surface area contributed by atoms with Crippen molar-refractivity contribution in [2.24, 2.45) is 10.4 Å². The SMILES string of the molecule is CCC(c1ccccc1)N1CCN(C(=NC)NCC(C)(C)CCS(C)(=O)=O)CC1.I. The average molecular weight is 551 g/mol. The lowest BCUT2D eigenvalue weighted by atomic mass is 9.90. The molecule has 172 valence electrons. The molecular formula is C22H39IN4O2S. The molecular weight excluding hydrogens is 511 g/mol. The predicted molar refractivity (Wildman–Crippen MR) is 138 cm³/mol. The van der Waals surface area contributed by atoms with Crippen molar-refractivity contribution in [3.05, 3.63) is 35.9 Å². The van der Waals surface area contributed by atoms with E-state index in [1.165, 1.54) is 11.8 Å². The Bertz CT molecular complexity index is 761. The normalized spacial score (nSPS) is 17.4. The zero-order valence-electron chi connectivity index (χ0n) is 19.1. The van der Waals surface area contributed by atoms with E-state index in [1.807, 2.05) is 7.05 Å². The van der Waals surface area contributed by atoms with Gasteiger partial charge < -0.3 is 10.2 Å². The van der Waals surface area contributed by atoms with E-state index in [4.69, 9.17) is 0 Å². The van der Waals surface area contributed by atoms with Gasteiger partial charge in [0.25, 0.3) is 0 Å². The van der Waals surface area contributed by atoms with E-state index in [2.05, 4.69) is 71.2 Å². The van der Waals surface area contributed by atoms with Crippen LogP contribution in [0.2, 0.25) is 0 Å². The van der Waals surface area contributed by atoms with Gasteiger partial charge in [0, 0.05) is 52.1 Å². The summed E-state index contributed by atoms with van der Waals surface area (Å²) in [5.41, 5.74) is 1.28. The van der Waals surface area contributed by atoms with Crippen LogP contribution in [0.1, 0.15) is 45.2 Å². The van der Waals surface area contributed by atoms with Gasteiger partial charge in [-0.2, -0.15) is 0 Å². The van der Waals surface area contributed by atoms with Crippen LogP contribution in [0.5, 0.6) is 0 Å². The molecule has 1 aliphatic heterocycles. The molecule has 0 radical (unpaired) electrons. The van der Waals surface area contributed by atoms with E-state index in [-0.39, 0.29) is 35.1 Å². The molecule has 6 nitrogen and oxygen atoms in total. The van der Waals surface area contributed by atoms with Gasteiger partial charge in [0.15, 0.2) is 5.96 Å². The summed E-state index contributed by atoms with van der Waals surface area (Å²) in [5.74, 6) is 1.13. The Kier molecular flexibility index (Phi) is 11.1. The van der Waals surface area contributed by atoms with Crippen LogP contribution in [0.15, 0.2) is 35.3 Å². The number of hydrogen-bond donors (Lipinski definition) is 1. The van der Waals surface area contributed by atoms with Crippen LogP contribution in [0.3, 0.4) is 0 Å². The van der Waals surface area contributed by atoms with Gasteiger partial charge in [0.2, 0.25) is 0 Å². The molecule has 1 fully saturated rings. The number of aliphatic imine (C=N–C) groups is 1. The summed E-state index contributed by atoms with van der Waals surface area (Å²) in [6, 6.07) is 11.2. The molecule has 8 heteroatoms. The lowest BCUT2D eigenvalue weighted by Gasteiger charge is -2.41. The number of halogens is 1. The van der Waals surface area contributed by atoms with Crippen molar-refractivity contribution in [1.82, 2.24) is 15.1 Å². The van der Waals surface area contributed by atoms with Gasteiger partial charge in [-0.3, -0.25) is 9.89 Å². The predicted octanol–water partition coefficient (Wildman–Crippen LogP) is 3.41. The fourth-order valence-corrected chi connectivity index (χ4v) is 4.75. The molecule has 2 rings (SSSR count). The maximum Gasteiger partial charge on any atom is 0.193 e. The molecule has 1 aromatic carbocycles. The summed E-state index contributed by atoms with van der Waals surface area (Å²) >= 11 is 0. The number of piperazine rings is 1. The van der Waals surface area contributed by atoms with Crippen molar-refractivity contribution in [2.45, 2.75) is 39.7 Å². The van der Waals surface area contributed by atoms with E-state index in [1.54, 1.807) is 0 Å². The maximum atomic E-state index is 11.5. The van der Waals surface area contributed by atoms with Crippen LogP contribution in [-0.2, 0) is 9.84 Å². The third kappa shape index (κ3) is 8.70. The first-order chi connectivity index (χ1) is 13.6. The number of nitrogens with one attached hydrogen (secondary N) is 1. The molecule has 1 atom stereocenters. The minimum atomic E-state index is -2.94. The Morgan fingerprint density at radius 1 is 1.17 bits per heavy atom. The van der Waals surface area contributed by atoms with Crippen LogP contribution in [0, 0.1) is 5.41 Å². The van der Waals surface area contributed by atoms with Crippen molar-refractivity contribution in [2.75, 3.05) is 51.8 Å². The van der Waals surface area contributed by atoms with Gasteiger partial charge in [0.1, 0.15) is 9.84 Å². The van der Waals surface area contributed by atoms with Gasteiger partial charge >= 0.3 is 0 Å². The highest BCUT2D eigenvalue weighted by Gasteiger charge is 2.26. The first-order valence-electron chi connectivity index (χ1n) is 10.6. The smallest absolute Gasteiger partial charge is 0.193 e. The van der Waals surface area contributed by atoms with Gasteiger partial charge in [-0.15, -0.1) is 24.0 Å². The highest BCUT2D eigenvalue weighted by molar-refractivity contribution is 14.0. The number of benzene rings is 1. The summed E-state index contributed by atoms with van der Waals surface area (Å²) in [5, 5.41) is 3.47. The molecule has 1 aliphatic rings. The molecule has 0 saturated carbocycles. The highest BCUT2D eigenvalue weighted by atomic mass is 127. The number of nitrogens with zero attached hydrogens (tertiary/aromatic N) is 3. The van der Waals surface area contributed by atoms with Crippen LogP contribution in [0.25, 0.3) is 0 Å². The topological polar surface area (TPSA) is 65.0 Å². The molecule has 0 spiro atoms. The largest absolute Gasteiger partial charge is 0.356 e. The number of sulfone groups is 1.